The van der Waals surface area contributed by atoms with Gasteiger partial charge in [-0.05, 0) is 45.2 Å². The van der Waals surface area contributed by atoms with Crippen molar-refractivity contribution in [2.24, 2.45) is 5.92 Å². The van der Waals surface area contributed by atoms with Crippen LogP contribution in [0.4, 0.5) is 10.5 Å². The van der Waals surface area contributed by atoms with Crippen molar-refractivity contribution in [1.29, 1.82) is 0 Å². The van der Waals surface area contributed by atoms with E-state index in [4.69, 9.17) is 4.74 Å². The molecule has 2 amide bonds. The van der Waals surface area contributed by atoms with Gasteiger partial charge < -0.3 is 15.4 Å². The zero-order valence-electron chi connectivity index (χ0n) is 14.9. The number of para-hydroxylation sites is 1. The second kappa shape index (κ2) is 7.99. The van der Waals surface area contributed by atoms with Crippen LogP contribution in [0.3, 0.4) is 0 Å². The molecule has 0 aliphatic heterocycles. The molecule has 2 N–H and O–H groups in total. The first-order chi connectivity index (χ1) is 10.6. The maximum Gasteiger partial charge on any atom is 0.408 e. The summed E-state index contributed by atoms with van der Waals surface area (Å²) >= 11 is 0. The van der Waals surface area contributed by atoms with Crippen molar-refractivity contribution in [1.82, 2.24) is 5.32 Å². The number of carbonyl (C=O) groups excluding carboxylic acids is 2. The monoisotopic (exact) mass is 320 g/mol. The Kier molecular flexibility index (Phi) is 6.61. The number of rotatable bonds is 5. The third-order valence-corrected chi connectivity index (χ3v) is 3.57. The lowest BCUT2D eigenvalue weighted by Crippen LogP contribution is -2.49. The van der Waals surface area contributed by atoms with Gasteiger partial charge in [0.1, 0.15) is 11.6 Å². The highest BCUT2D eigenvalue weighted by Gasteiger charge is 2.28. The Morgan fingerprint density at radius 2 is 1.83 bits per heavy atom. The minimum atomic E-state index is -0.644. The fourth-order valence-corrected chi connectivity index (χ4v) is 2.06. The van der Waals surface area contributed by atoms with Gasteiger partial charge in [-0.3, -0.25) is 4.79 Å². The summed E-state index contributed by atoms with van der Waals surface area (Å²) in [6, 6.07) is 6.90. The Morgan fingerprint density at radius 1 is 1.22 bits per heavy atom. The average molecular weight is 320 g/mol. The summed E-state index contributed by atoms with van der Waals surface area (Å²) in [5, 5.41) is 5.58. The van der Waals surface area contributed by atoms with Gasteiger partial charge in [-0.1, -0.05) is 38.5 Å². The van der Waals surface area contributed by atoms with Crippen LogP contribution in [0.15, 0.2) is 24.3 Å². The lowest BCUT2D eigenvalue weighted by Gasteiger charge is -2.26. The van der Waals surface area contributed by atoms with Crippen LogP contribution in [0.2, 0.25) is 0 Å². The van der Waals surface area contributed by atoms with E-state index in [0.717, 1.165) is 17.7 Å². The van der Waals surface area contributed by atoms with E-state index in [1.54, 1.807) is 20.8 Å². The molecule has 2 atom stereocenters. The molecule has 0 saturated heterocycles. The molecular weight excluding hydrogens is 292 g/mol. The third-order valence-electron chi connectivity index (χ3n) is 3.57. The summed E-state index contributed by atoms with van der Waals surface area (Å²) in [5.41, 5.74) is 1.12. The van der Waals surface area contributed by atoms with Gasteiger partial charge in [0, 0.05) is 5.69 Å². The Labute approximate surface area is 138 Å². The fourth-order valence-electron chi connectivity index (χ4n) is 2.06. The molecule has 0 radical (unpaired) electrons. The summed E-state index contributed by atoms with van der Waals surface area (Å²) in [6.45, 7) is 11.2. The van der Waals surface area contributed by atoms with Crippen LogP contribution in [0, 0.1) is 12.8 Å². The van der Waals surface area contributed by atoms with Crippen LogP contribution >= 0.6 is 0 Å². The molecule has 23 heavy (non-hydrogen) atoms. The molecule has 0 fully saturated rings. The van der Waals surface area contributed by atoms with Crippen LogP contribution in [0.1, 0.15) is 46.6 Å². The Bertz CT molecular complexity index is 549. The molecule has 0 aliphatic rings. The van der Waals surface area contributed by atoms with Gasteiger partial charge in [0.05, 0.1) is 0 Å². The zero-order chi connectivity index (χ0) is 17.6. The summed E-state index contributed by atoms with van der Waals surface area (Å²) in [4.78, 5) is 24.6. The number of nitrogens with one attached hydrogen (secondary N) is 2. The van der Waals surface area contributed by atoms with Crippen molar-refractivity contribution in [2.45, 2.75) is 59.6 Å². The highest BCUT2D eigenvalue weighted by molar-refractivity contribution is 5.97. The molecule has 1 rings (SSSR count). The standard InChI is InChI=1S/C18H28N2O3/c1-7-12(2)15(20-17(22)23-18(4,5)6)16(21)19-14-11-9-8-10-13(14)3/h8-12,15H,7H2,1-6H3,(H,19,21)(H,20,22). The lowest BCUT2D eigenvalue weighted by atomic mass is 9.98. The van der Waals surface area contributed by atoms with Gasteiger partial charge in [0.25, 0.3) is 0 Å². The first-order valence-corrected chi connectivity index (χ1v) is 8.00. The van der Waals surface area contributed by atoms with Crippen molar-refractivity contribution in [2.75, 3.05) is 5.32 Å². The van der Waals surface area contributed by atoms with Crippen LogP contribution in [-0.2, 0) is 9.53 Å². The van der Waals surface area contributed by atoms with E-state index in [0.29, 0.717) is 0 Å². The molecule has 0 spiro atoms. The van der Waals surface area contributed by atoms with E-state index >= 15 is 0 Å². The summed E-state index contributed by atoms with van der Waals surface area (Å²) in [7, 11) is 0. The van der Waals surface area contributed by atoms with Crippen LogP contribution in [0.5, 0.6) is 0 Å². The molecular formula is C18H28N2O3. The highest BCUT2D eigenvalue weighted by atomic mass is 16.6. The molecule has 5 heteroatoms. The Hall–Kier alpha value is -2.04. The van der Waals surface area contributed by atoms with E-state index in [2.05, 4.69) is 10.6 Å². The van der Waals surface area contributed by atoms with Crippen LogP contribution in [0.25, 0.3) is 0 Å². The minimum absolute atomic E-state index is 0.00784. The molecule has 0 heterocycles. The highest BCUT2D eigenvalue weighted by Crippen LogP contribution is 2.16. The minimum Gasteiger partial charge on any atom is -0.444 e. The third kappa shape index (κ3) is 6.30. The van der Waals surface area contributed by atoms with Crippen molar-refractivity contribution < 1.29 is 14.3 Å². The molecule has 1 aromatic carbocycles. The van der Waals surface area contributed by atoms with E-state index in [1.165, 1.54) is 0 Å². The molecule has 2 unspecified atom stereocenters. The number of hydrogen-bond acceptors (Lipinski definition) is 3. The van der Waals surface area contributed by atoms with E-state index in [9.17, 15) is 9.59 Å². The van der Waals surface area contributed by atoms with Gasteiger partial charge >= 0.3 is 6.09 Å². The maximum absolute atomic E-state index is 12.6. The van der Waals surface area contributed by atoms with E-state index < -0.39 is 17.7 Å². The largest absolute Gasteiger partial charge is 0.444 e. The van der Waals surface area contributed by atoms with Crippen molar-refractivity contribution >= 4 is 17.7 Å². The number of hydrogen-bond donors (Lipinski definition) is 2. The Morgan fingerprint density at radius 3 is 2.35 bits per heavy atom. The molecule has 0 aliphatic carbocycles. The molecule has 0 bridgehead atoms. The second-order valence-electron chi connectivity index (χ2n) is 6.81. The number of amides is 2. The molecule has 0 aromatic heterocycles. The molecule has 1 aromatic rings. The number of benzene rings is 1. The zero-order valence-corrected chi connectivity index (χ0v) is 14.9. The fraction of sp³-hybridized carbons (Fsp3) is 0.556. The predicted octanol–water partition coefficient (Wildman–Crippen LogP) is 3.87. The summed E-state index contributed by atoms with van der Waals surface area (Å²) in [5.74, 6) is -0.244. The normalized spacial score (nSPS) is 13.8. The summed E-state index contributed by atoms with van der Waals surface area (Å²) in [6.07, 6.45) is 0.185. The second-order valence-corrected chi connectivity index (χ2v) is 6.81. The van der Waals surface area contributed by atoms with Crippen molar-refractivity contribution in [3.63, 3.8) is 0 Å². The van der Waals surface area contributed by atoms with Crippen molar-refractivity contribution in [3.8, 4) is 0 Å². The van der Waals surface area contributed by atoms with E-state index in [1.807, 2.05) is 45.0 Å². The number of aryl methyl sites for hydroxylation is 1. The quantitative estimate of drug-likeness (QED) is 0.865. The smallest absolute Gasteiger partial charge is 0.408 e. The van der Waals surface area contributed by atoms with Gasteiger partial charge in [0.15, 0.2) is 0 Å². The molecule has 0 saturated carbocycles. The average Bonchev–Trinajstić information content (AvgIpc) is 2.44. The van der Waals surface area contributed by atoms with Crippen LogP contribution < -0.4 is 10.6 Å². The number of alkyl carbamates (subject to hydrolysis) is 1. The van der Waals surface area contributed by atoms with Gasteiger partial charge in [0.2, 0.25) is 5.91 Å². The summed E-state index contributed by atoms with van der Waals surface area (Å²) < 4.78 is 5.26. The first kappa shape index (κ1) is 19.0. The predicted molar refractivity (Wildman–Crippen MR) is 92.4 cm³/mol. The molecule has 5 nitrogen and oxygen atoms in total. The molecule has 128 valence electrons. The van der Waals surface area contributed by atoms with Gasteiger partial charge in [-0.2, -0.15) is 0 Å². The van der Waals surface area contributed by atoms with Crippen molar-refractivity contribution in [3.05, 3.63) is 29.8 Å². The lowest BCUT2D eigenvalue weighted by molar-refractivity contribution is -0.119. The number of carbonyl (C=O) groups is 2. The Balaban J connectivity index is 2.83. The SMILES string of the molecule is CCC(C)C(NC(=O)OC(C)(C)C)C(=O)Nc1ccccc1C. The maximum atomic E-state index is 12.6. The van der Waals surface area contributed by atoms with E-state index in [-0.39, 0.29) is 11.8 Å². The topological polar surface area (TPSA) is 67.4 Å². The van der Waals surface area contributed by atoms with Crippen LogP contribution in [-0.4, -0.2) is 23.6 Å². The van der Waals surface area contributed by atoms with Gasteiger partial charge in [-0.15, -0.1) is 0 Å². The number of anilines is 1. The number of ether oxygens (including phenoxy) is 1. The van der Waals surface area contributed by atoms with Gasteiger partial charge in [-0.25, -0.2) is 4.79 Å². The first-order valence-electron chi connectivity index (χ1n) is 8.00.